The summed E-state index contributed by atoms with van der Waals surface area (Å²) in [5.41, 5.74) is 0.338. The van der Waals surface area contributed by atoms with Crippen LogP contribution in [0.15, 0.2) is 12.2 Å². The van der Waals surface area contributed by atoms with Gasteiger partial charge in [-0.05, 0) is 25.6 Å². The minimum atomic E-state index is -0.673. The molecule has 4 nitrogen and oxygen atoms in total. The zero-order chi connectivity index (χ0) is 11.7. The summed E-state index contributed by atoms with van der Waals surface area (Å²) in [6.45, 7) is 6.22. The molecule has 0 aliphatic heterocycles. The Kier molecular flexibility index (Phi) is 8.46. The van der Waals surface area contributed by atoms with Gasteiger partial charge in [0.25, 0.3) is 0 Å². The number of nitrogens with one attached hydrogen (secondary N) is 1. The molecular weight excluding hydrogens is 214 g/mol. The van der Waals surface area contributed by atoms with E-state index in [1.54, 1.807) is 6.92 Å². The van der Waals surface area contributed by atoms with Gasteiger partial charge in [0.05, 0.1) is 0 Å². The summed E-state index contributed by atoms with van der Waals surface area (Å²) >= 11 is 4.05. The average molecular weight is 233 g/mol. The van der Waals surface area contributed by atoms with E-state index in [4.69, 9.17) is 4.74 Å². The lowest BCUT2D eigenvalue weighted by Crippen LogP contribution is -2.32. The van der Waals surface area contributed by atoms with Gasteiger partial charge >= 0.3 is 5.97 Å². The summed E-state index contributed by atoms with van der Waals surface area (Å²) in [4.78, 5) is 11.0. The van der Waals surface area contributed by atoms with E-state index >= 15 is 0 Å². The van der Waals surface area contributed by atoms with Crippen molar-refractivity contribution in [3.8, 4) is 0 Å². The quantitative estimate of drug-likeness (QED) is 0.245. The van der Waals surface area contributed by atoms with Crippen molar-refractivity contribution in [3.63, 3.8) is 0 Å². The number of carbonyl (C=O) groups is 1. The molecule has 0 aliphatic rings. The normalized spacial score (nSPS) is 12.2. The summed E-state index contributed by atoms with van der Waals surface area (Å²) in [6, 6.07) is 0. The third kappa shape index (κ3) is 8.47. The molecule has 0 bridgehead atoms. The standard InChI is InChI=1S/C10H19NO3S/c1-8(2)10(13)14-7-9(12)6-11-4-3-5-15/h9,11-12,15H,1,3-7H2,2H3. The van der Waals surface area contributed by atoms with Crippen LogP contribution in [0.2, 0.25) is 0 Å². The Balaban J connectivity index is 3.44. The molecule has 1 atom stereocenters. The van der Waals surface area contributed by atoms with Gasteiger partial charge in [0.15, 0.2) is 0 Å². The van der Waals surface area contributed by atoms with Gasteiger partial charge in [-0.25, -0.2) is 4.79 Å². The molecule has 0 spiro atoms. The number of rotatable bonds is 8. The summed E-state index contributed by atoms with van der Waals surface area (Å²) in [5, 5.41) is 12.4. The van der Waals surface area contributed by atoms with Crippen LogP contribution in [0.5, 0.6) is 0 Å². The zero-order valence-corrected chi connectivity index (χ0v) is 9.93. The molecule has 15 heavy (non-hydrogen) atoms. The predicted molar refractivity (Wildman–Crippen MR) is 63.1 cm³/mol. The first-order valence-corrected chi connectivity index (χ1v) is 5.53. The molecule has 0 saturated heterocycles. The maximum atomic E-state index is 11.0. The second kappa shape index (κ2) is 8.76. The highest BCUT2D eigenvalue weighted by Crippen LogP contribution is 1.93. The van der Waals surface area contributed by atoms with Gasteiger partial charge in [0, 0.05) is 12.1 Å². The van der Waals surface area contributed by atoms with Gasteiger partial charge in [-0.1, -0.05) is 6.58 Å². The molecular formula is C10H19NO3S. The van der Waals surface area contributed by atoms with E-state index in [0.717, 1.165) is 18.7 Å². The van der Waals surface area contributed by atoms with Crippen molar-refractivity contribution in [3.05, 3.63) is 12.2 Å². The van der Waals surface area contributed by atoms with E-state index in [1.165, 1.54) is 0 Å². The molecule has 0 amide bonds. The van der Waals surface area contributed by atoms with Crippen LogP contribution in [-0.2, 0) is 9.53 Å². The molecule has 0 heterocycles. The van der Waals surface area contributed by atoms with Crippen LogP contribution >= 0.6 is 12.6 Å². The highest BCUT2D eigenvalue weighted by atomic mass is 32.1. The van der Waals surface area contributed by atoms with Crippen LogP contribution in [0.25, 0.3) is 0 Å². The third-order valence-electron chi connectivity index (χ3n) is 1.65. The van der Waals surface area contributed by atoms with Gasteiger partial charge in [-0.2, -0.15) is 12.6 Å². The maximum absolute atomic E-state index is 11.0. The van der Waals surface area contributed by atoms with Gasteiger partial charge in [-0.15, -0.1) is 0 Å². The minimum absolute atomic E-state index is 0.000428. The minimum Gasteiger partial charge on any atom is -0.460 e. The molecule has 2 N–H and O–H groups in total. The lowest BCUT2D eigenvalue weighted by atomic mass is 10.3. The third-order valence-corrected chi connectivity index (χ3v) is 1.96. The Hall–Kier alpha value is -0.520. The Morgan fingerprint density at radius 3 is 2.87 bits per heavy atom. The van der Waals surface area contributed by atoms with E-state index in [1.807, 2.05) is 0 Å². The largest absolute Gasteiger partial charge is 0.460 e. The first-order valence-electron chi connectivity index (χ1n) is 4.90. The lowest BCUT2D eigenvalue weighted by Gasteiger charge is -2.11. The Morgan fingerprint density at radius 2 is 2.33 bits per heavy atom. The van der Waals surface area contributed by atoms with E-state index in [-0.39, 0.29) is 6.61 Å². The molecule has 0 aliphatic carbocycles. The fourth-order valence-corrected chi connectivity index (χ4v) is 0.985. The second-order valence-corrected chi connectivity index (χ2v) is 3.76. The van der Waals surface area contributed by atoms with Crippen LogP contribution in [0.3, 0.4) is 0 Å². The van der Waals surface area contributed by atoms with Crippen LogP contribution in [0.1, 0.15) is 13.3 Å². The van der Waals surface area contributed by atoms with Crippen molar-refractivity contribution in [1.82, 2.24) is 5.32 Å². The molecule has 0 aromatic rings. The lowest BCUT2D eigenvalue weighted by molar-refractivity contribution is -0.141. The van der Waals surface area contributed by atoms with Crippen LogP contribution < -0.4 is 5.32 Å². The molecule has 88 valence electrons. The molecule has 0 radical (unpaired) electrons. The number of esters is 1. The van der Waals surface area contributed by atoms with Gasteiger partial charge in [-0.3, -0.25) is 0 Å². The monoisotopic (exact) mass is 233 g/mol. The number of aliphatic hydroxyl groups is 1. The molecule has 0 fully saturated rings. The Bertz CT molecular complexity index is 209. The fourth-order valence-electron chi connectivity index (χ4n) is 0.827. The molecule has 0 aromatic heterocycles. The molecule has 0 saturated carbocycles. The van der Waals surface area contributed by atoms with Crippen molar-refractivity contribution in [1.29, 1.82) is 0 Å². The smallest absolute Gasteiger partial charge is 0.333 e. The van der Waals surface area contributed by atoms with Gasteiger partial charge in [0.2, 0.25) is 0 Å². The van der Waals surface area contributed by atoms with Crippen LogP contribution in [0, 0.1) is 0 Å². The number of thiol groups is 1. The van der Waals surface area contributed by atoms with E-state index in [0.29, 0.717) is 12.1 Å². The van der Waals surface area contributed by atoms with E-state index in [2.05, 4.69) is 24.5 Å². The van der Waals surface area contributed by atoms with Crippen LogP contribution in [-0.4, -0.2) is 42.6 Å². The van der Waals surface area contributed by atoms with Crippen molar-refractivity contribution in [2.75, 3.05) is 25.4 Å². The first kappa shape index (κ1) is 14.5. The number of aliphatic hydroxyl groups excluding tert-OH is 1. The zero-order valence-electron chi connectivity index (χ0n) is 9.03. The number of carbonyl (C=O) groups excluding carboxylic acids is 1. The van der Waals surface area contributed by atoms with Crippen molar-refractivity contribution in [2.45, 2.75) is 19.4 Å². The van der Waals surface area contributed by atoms with Crippen molar-refractivity contribution < 1.29 is 14.6 Å². The first-order chi connectivity index (χ1) is 7.07. The van der Waals surface area contributed by atoms with Crippen molar-refractivity contribution >= 4 is 18.6 Å². The second-order valence-electron chi connectivity index (χ2n) is 3.31. The van der Waals surface area contributed by atoms with Crippen LogP contribution in [0.4, 0.5) is 0 Å². The summed E-state index contributed by atoms with van der Waals surface area (Å²) in [6.07, 6.45) is 0.273. The highest BCUT2D eigenvalue weighted by Gasteiger charge is 2.08. The summed E-state index contributed by atoms with van der Waals surface area (Å²) < 4.78 is 4.78. The molecule has 5 heteroatoms. The van der Waals surface area contributed by atoms with E-state index < -0.39 is 12.1 Å². The number of hydrogen-bond acceptors (Lipinski definition) is 5. The molecule has 0 aromatic carbocycles. The average Bonchev–Trinajstić information content (AvgIpc) is 2.20. The molecule has 0 rings (SSSR count). The SMILES string of the molecule is C=C(C)C(=O)OCC(O)CNCCCS. The predicted octanol–water partition coefficient (Wildman–Crippen LogP) is 0.376. The Morgan fingerprint density at radius 1 is 1.67 bits per heavy atom. The van der Waals surface area contributed by atoms with Crippen molar-refractivity contribution in [2.24, 2.45) is 0 Å². The summed E-state index contributed by atoms with van der Waals surface area (Å²) in [5.74, 6) is 0.345. The van der Waals surface area contributed by atoms with Gasteiger partial charge in [0.1, 0.15) is 12.7 Å². The number of ether oxygens (including phenoxy) is 1. The number of hydrogen-bond donors (Lipinski definition) is 3. The Labute approximate surface area is 96.1 Å². The summed E-state index contributed by atoms with van der Waals surface area (Å²) in [7, 11) is 0. The van der Waals surface area contributed by atoms with E-state index in [9.17, 15) is 9.90 Å². The van der Waals surface area contributed by atoms with Gasteiger partial charge < -0.3 is 15.2 Å². The molecule has 1 unspecified atom stereocenters. The topological polar surface area (TPSA) is 58.6 Å². The maximum Gasteiger partial charge on any atom is 0.333 e. The fraction of sp³-hybridized carbons (Fsp3) is 0.700. The highest BCUT2D eigenvalue weighted by molar-refractivity contribution is 7.80.